The molecular formula is C14H18N5P. The van der Waals surface area contributed by atoms with Crippen molar-refractivity contribution < 1.29 is 0 Å². The van der Waals surface area contributed by atoms with Gasteiger partial charge in [-0.15, -0.1) is 0 Å². The van der Waals surface area contributed by atoms with Gasteiger partial charge < -0.3 is 5.73 Å². The van der Waals surface area contributed by atoms with E-state index in [0.717, 1.165) is 11.1 Å². The highest BCUT2D eigenvalue weighted by Crippen LogP contribution is 2.05. The lowest BCUT2D eigenvalue weighted by atomic mass is 10.2. The van der Waals surface area contributed by atoms with Crippen LogP contribution in [0.5, 0.6) is 0 Å². The monoisotopic (exact) mass is 287 g/mol. The molecule has 0 bridgehead atoms. The van der Waals surface area contributed by atoms with Crippen LogP contribution in [-0.2, 0) is 0 Å². The van der Waals surface area contributed by atoms with E-state index >= 15 is 0 Å². The van der Waals surface area contributed by atoms with Gasteiger partial charge in [-0.3, -0.25) is 9.97 Å². The molecule has 6 heteroatoms. The van der Waals surface area contributed by atoms with Crippen LogP contribution in [0.4, 0.5) is 0 Å². The van der Waals surface area contributed by atoms with Crippen molar-refractivity contribution in [2.24, 2.45) is 15.5 Å². The van der Waals surface area contributed by atoms with Crippen LogP contribution in [-0.4, -0.2) is 21.6 Å². The Morgan fingerprint density at radius 2 is 1.60 bits per heavy atom. The molecule has 2 N–H and O–H groups in total. The maximum Gasteiger partial charge on any atom is 0.161 e. The molecule has 0 saturated carbocycles. The fourth-order valence-electron chi connectivity index (χ4n) is 1.36. The van der Waals surface area contributed by atoms with E-state index in [1.807, 2.05) is 32.0 Å². The third-order valence-corrected chi connectivity index (χ3v) is 2.47. The number of pyridine rings is 2. The first-order chi connectivity index (χ1) is 9.81. The molecule has 20 heavy (non-hydrogen) atoms. The summed E-state index contributed by atoms with van der Waals surface area (Å²) in [5.74, 6) is 0.877. The van der Waals surface area contributed by atoms with Crippen LogP contribution in [0.15, 0.2) is 58.8 Å². The Balaban J connectivity index is 0.000000956. The molecule has 104 valence electrons. The number of aromatic nitrogens is 2. The number of aliphatic imine (C=N–C) groups is 1. The Morgan fingerprint density at radius 1 is 1.05 bits per heavy atom. The normalized spacial score (nSPS) is 11.6. The second-order valence-corrected chi connectivity index (χ2v) is 3.69. The SMILES string of the molecule is CC.NC(=N/C(=N\P)c1cccnc1)c1cccnc1. The molecule has 0 radical (unpaired) electrons. The molecule has 0 saturated heterocycles. The molecule has 0 aliphatic carbocycles. The summed E-state index contributed by atoms with van der Waals surface area (Å²) >= 11 is 0. The minimum atomic E-state index is 0.369. The molecule has 0 spiro atoms. The maximum absolute atomic E-state index is 5.91. The minimum absolute atomic E-state index is 0.369. The van der Waals surface area contributed by atoms with Crippen molar-refractivity contribution in [3.63, 3.8) is 0 Å². The zero-order valence-electron chi connectivity index (χ0n) is 11.6. The Bertz CT molecular complexity index is 567. The third-order valence-electron chi connectivity index (χ3n) is 2.23. The highest BCUT2D eigenvalue weighted by atomic mass is 31.0. The molecule has 0 fully saturated rings. The summed E-state index contributed by atoms with van der Waals surface area (Å²) < 4.78 is 4.03. The Hall–Kier alpha value is -2.13. The van der Waals surface area contributed by atoms with Gasteiger partial charge in [0.1, 0.15) is 5.84 Å². The summed E-state index contributed by atoms with van der Waals surface area (Å²) in [6.45, 7) is 4.00. The number of nitrogens with zero attached hydrogens (tertiary/aromatic N) is 4. The smallest absolute Gasteiger partial charge is 0.161 e. The van der Waals surface area contributed by atoms with Gasteiger partial charge in [-0.05, 0) is 33.7 Å². The first kappa shape index (κ1) is 15.9. The van der Waals surface area contributed by atoms with E-state index in [4.69, 9.17) is 5.73 Å². The van der Waals surface area contributed by atoms with Gasteiger partial charge in [0.15, 0.2) is 5.84 Å². The summed E-state index contributed by atoms with van der Waals surface area (Å²) in [6, 6.07) is 7.34. The molecule has 2 aromatic heterocycles. The number of nitrogens with two attached hydrogens (primary N) is 1. The average molecular weight is 287 g/mol. The Kier molecular flexibility index (Phi) is 7.07. The van der Waals surface area contributed by atoms with Gasteiger partial charge in [0.05, 0.1) is 0 Å². The number of amidine groups is 2. The first-order valence-corrected chi connectivity index (χ1v) is 6.75. The molecule has 2 heterocycles. The largest absolute Gasteiger partial charge is 0.383 e. The van der Waals surface area contributed by atoms with Crippen LogP contribution < -0.4 is 5.73 Å². The van der Waals surface area contributed by atoms with Crippen molar-refractivity contribution in [1.82, 2.24) is 9.97 Å². The number of hydrogen-bond acceptors (Lipinski definition) is 3. The van der Waals surface area contributed by atoms with E-state index in [0.29, 0.717) is 11.7 Å². The first-order valence-electron chi connectivity index (χ1n) is 6.24. The molecule has 5 nitrogen and oxygen atoms in total. The molecule has 0 aliphatic rings. The zero-order chi connectivity index (χ0) is 14.8. The van der Waals surface area contributed by atoms with Crippen LogP contribution in [0.1, 0.15) is 25.0 Å². The molecule has 1 atom stereocenters. The summed E-state index contributed by atoms with van der Waals surface area (Å²) in [4.78, 5) is 12.3. The molecule has 1 unspecified atom stereocenters. The van der Waals surface area contributed by atoms with E-state index in [-0.39, 0.29) is 0 Å². The van der Waals surface area contributed by atoms with Crippen LogP contribution in [0.25, 0.3) is 0 Å². The summed E-state index contributed by atoms with van der Waals surface area (Å²) in [5, 5.41) is 0. The minimum Gasteiger partial charge on any atom is -0.383 e. The van der Waals surface area contributed by atoms with E-state index in [9.17, 15) is 0 Å². The van der Waals surface area contributed by atoms with Gasteiger partial charge in [-0.1, -0.05) is 13.8 Å². The standard InChI is InChI=1S/C12H12N5P.C2H6/c13-11(9-3-1-5-14-7-9)16-12(17-18)10-4-2-6-15-8-10;1-2/h1-8H,18H2,(H2,13,16,17);1-2H3. The predicted octanol–water partition coefficient (Wildman–Crippen LogP) is 2.45. The molecule has 0 aliphatic heterocycles. The van der Waals surface area contributed by atoms with Crippen molar-refractivity contribution in [3.8, 4) is 0 Å². The van der Waals surface area contributed by atoms with Gasteiger partial charge in [-0.2, -0.15) is 0 Å². The Labute approximate surface area is 121 Å². The van der Waals surface area contributed by atoms with Crippen molar-refractivity contribution in [2.45, 2.75) is 13.8 Å². The van der Waals surface area contributed by atoms with Crippen molar-refractivity contribution in [1.29, 1.82) is 0 Å². The molecule has 2 aromatic rings. The van der Waals surface area contributed by atoms with Gasteiger partial charge >= 0.3 is 0 Å². The molecule has 0 amide bonds. The lowest BCUT2D eigenvalue weighted by Gasteiger charge is -2.02. The highest BCUT2D eigenvalue weighted by molar-refractivity contribution is 7.15. The average Bonchev–Trinajstić information content (AvgIpc) is 2.56. The Morgan fingerprint density at radius 3 is 2.05 bits per heavy atom. The quantitative estimate of drug-likeness (QED) is 0.523. The lowest BCUT2D eigenvalue weighted by molar-refractivity contribution is 1.30. The van der Waals surface area contributed by atoms with E-state index in [1.54, 1.807) is 30.9 Å². The van der Waals surface area contributed by atoms with E-state index in [1.165, 1.54) is 0 Å². The van der Waals surface area contributed by atoms with Gasteiger partial charge in [0, 0.05) is 35.9 Å². The predicted molar refractivity (Wildman–Crippen MR) is 86.8 cm³/mol. The topological polar surface area (TPSA) is 76.5 Å². The highest BCUT2D eigenvalue weighted by Gasteiger charge is 2.03. The van der Waals surface area contributed by atoms with Crippen molar-refractivity contribution in [3.05, 3.63) is 60.2 Å². The number of rotatable bonds is 2. The van der Waals surface area contributed by atoms with Gasteiger partial charge in [0.2, 0.25) is 0 Å². The zero-order valence-corrected chi connectivity index (χ0v) is 12.7. The second-order valence-electron chi connectivity index (χ2n) is 3.43. The van der Waals surface area contributed by atoms with E-state index in [2.05, 4.69) is 29.1 Å². The molecular weight excluding hydrogens is 269 g/mol. The summed E-state index contributed by atoms with van der Waals surface area (Å²) in [7, 11) is 2.28. The summed E-state index contributed by atoms with van der Waals surface area (Å²) in [6.07, 6.45) is 6.71. The van der Waals surface area contributed by atoms with Crippen molar-refractivity contribution in [2.75, 3.05) is 0 Å². The van der Waals surface area contributed by atoms with Gasteiger partial charge in [0.25, 0.3) is 0 Å². The fraction of sp³-hybridized carbons (Fsp3) is 0.143. The maximum atomic E-state index is 5.91. The van der Waals surface area contributed by atoms with Crippen LogP contribution in [0.3, 0.4) is 0 Å². The van der Waals surface area contributed by atoms with Gasteiger partial charge in [-0.25, -0.2) is 9.76 Å². The third kappa shape index (κ3) is 4.52. The second kappa shape index (κ2) is 8.88. The van der Waals surface area contributed by atoms with Crippen molar-refractivity contribution >= 4 is 21.1 Å². The molecule has 0 aromatic carbocycles. The fourth-order valence-corrected chi connectivity index (χ4v) is 1.56. The number of hydrogen-bond donors (Lipinski definition) is 1. The van der Waals surface area contributed by atoms with Crippen LogP contribution in [0.2, 0.25) is 0 Å². The summed E-state index contributed by atoms with van der Waals surface area (Å²) in [5.41, 5.74) is 7.47. The lowest BCUT2D eigenvalue weighted by Crippen LogP contribution is -2.16. The van der Waals surface area contributed by atoms with Crippen LogP contribution in [0, 0.1) is 0 Å². The molecule has 2 rings (SSSR count). The van der Waals surface area contributed by atoms with E-state index < -0.39 is 0 Å². The van der Waals surface area contributed by atoms with Crippen LogP contribution >= 0.6 is 9.39 Å².